The summed E-state index contributed by atoms with van der Waals surface area (Å²) >= 11 is 1.75. The van der Waals surface area contributed by atoms with E-state index in [0.29, 0.717) is 5.69 Å². The molecule has 1 aromatic heterocycles. The number of nitrogens with zero attached hydrogens (tertiary/aromatic N) is 2. The number of amidine groups is 1. The van der Waals surface area contributed by atoms with Crippen molar-refractivity contribution in [2.45, 2.75) is 29.9 Å². The number of aromatic nitrogens is 1. The number of hydrogen-bond donors (Lipinski definition) is 2. The quantitative estimate of drug-likeness (QED) is 0.299. The fourth-order valence-corrected chi connectivity index (χ4v) is 3.58. The molecule has 0 aliphatic heterocycles. The average molecular weight is 299 g/mol. The first-order valence-electron chi connectivity index (χ1n) is 6.94. The fraction of sp³-hybridized carbons (Fsp3) is 0.250. The molecule has 0 saturated carbocycles. The fourth-order valence-electron chi connectivity index (χ4n) is 2.63. The van der Waals surface area contributed by atoms with E-state index in [-0.39, 0.29) is 5.84 Å². The third kappa shape index (κ3) is 3.03. The molecule has 21 heavy (non-hydrogen) atoms. The second-order valence-corrected chi connectivity index (χ2v) is 6.12. The van der Waals surface area contributed by atoms with E-state index < -0.39 is 0 Å². The number of hydrogen-bond acceptors (Lipinski definition) is 4. The van der Waals surface area contributed by atoms with Gasteiger partial charge in [0.05, 0.1) is 0 Å². The Morgan fingerprint density at radius 2 is 2.14 bits per heavy atom. The van der Waals surface area contributed by atoms with Crippen LogP contribution < -0.4 is 5.73 Å². The highest BCUT2D eigenvalue weighted by molar-refractivity contribution is 7.98. The Kier molecular flexibility index (Phi) is 4.10. The zero-order valence-electron chi connectivity index (χ0n) is 11.6. The Balaban J connectivity index is 1.76. The number of thioether (sulfide) groups is 1. The lowest BCUT2D eigenvalue weighted by molar-refractivity contribution is 0.318. The molecule has 4 nitrogen and oxygen atoms in total. The molecule has 1 aromatic carbocycles. The smallest absolute Gasteiger partial charge is 0.189 e. The molecule has 2 aromatic rings. The summed E-state index contributed by atoms with van der Waals surface area (Å²) in [7, 11) is 0. The number of fused-ring (bicyclic) bond motifs is 1. The molecule has 5 heteroatoms. The normalized spacial score (nSPS) is 14.2. The molecule has 0 spiro atoms. The van der Waals surface area contributed by atoms with Crippen LogP contribution in [0.2, 0.25) is 0 Å². The van der Waals surface area contributed by atoms with Crippen molar-refractivity contribution in [2.75, 3.05) is 0 Å². The third-order valence-corrected chi connectivity index (χ3v) is 4.75. The van der Waals surface area contributed by atoms with E-state index in [1.54, 1.807) is 18.0 Å². The van der Waals surface area contributed by atoms with Crippen LogP contribution in [-0.4, -0.2) is 16.0 Å². The summed E-state index contributed by atoms with van der Waals surface area (Å²) in [4.78, 5) is 5.45. The van der Waals surface area contributed by atoms with Gasteiger partial charge in [0.2, 0.25) is 0 Å². The SMILES string of the molecule is NC(=NO)c1ncccc1CSc1ccc2c(c1)CCC2. The van der Waals surface area contributed by atoms with Crippen molar-refractivity contribution in [3.05, 3.63) is 58.9 Å². The van der Waals surface area contributed by atoms with Gasteiger partial charge in [0, 0.05) is 16.8 Å². The molecule has 0 atom stereocenters. The summed E-state index contributed by atoms with van der Waals surface area (Å²) in [5.74, 6) is 0.804. The van der Waals surface area contributed by atoms with Crippen molar-refractivity contribution in [1.29, 1.82) is 0 Å². The van der Waals surface area contributed by atoms with E-state index in [0.717, 1.165) is 11.3 Å². The maximum absolute atomic E-state index is 8.82. The molecule has 3 rings (SSSR count). The summed E-state index contributed by atoms with van der Waals surface area (Å²) in [5.41, 5.74) is 10.1. The van der Waals surface area contributed by atoms with Crippen molar-refractivity contribution in [3.8, 4) is 0 Å². The van der Waals surface area contributed by atoms with Crippen LogP contribution in [-0.2, 0) is 18.6 Å². The summed E-state index contributed by atoms with van der Waals surface area (Å²) in [5, 5.41) is 11.9. The van der Waals surface area contributed by atoms with Gasteiger partial charge in [-0.1, -0.05) is 17.3 Å². The molecule has 0 bridgehead atoms. The van der Waals surface area contributed by atoms with Crippen molar-refractivity contribution >= 4 is 17.6 Å². The van der Waals surface area contributed by atoms with E-state index in [1.807, 2.05) is 12.1 Å². The number of benzene rings is 1. The van der Waals surface area contributed by atoms with Crippen molar-refractivity contribution < 1.29 is 5.21 Å². The summed E-state index contributed by atoms with van der Waals surface area (Å²) in [6, 6.07) is 10.5. The molecule has 3 N–H and O–H groups in total. The first kappa shape index (κ1) is 13.9. The van der Waals surface area contributed by atoms with Crippen LogP contribution in [0.3, 0.4) is 0 Å². The van der Waals surface area contributed by atoms with E-state index in [9.17, 15) is 0 Å². The first-order chi connectivity index (χ1) is 10.3. The minimum atomic E-state index is 0.0557. The number of rotatable bonds is 4. The predicted octanol–water partition coefficient (Wildman–Crippen LogP) is 2.96. The van der Waals surface area contributed by atoms with Crippen LogP contribution in [0.1, 0.15) is 28.8 Å². The maximum atomic E-state index is 8.82. The first-order valence-corrected chi connectivity index (χ1v) is 7.93. The Bertz CT molecular complexity index is 685. The minimum absolute atomic E-state index is 0.0557. The van der Waals surface area contributed by atoms with Gasteiger partial charge in [-0.05, 0) is 54.2 Å². The van der Waals surface area contributed by atoms with Gasteiger partial charge < -0.3 is 10.9 Å². The van der Waals surface area contributed by atoms with Gasteiger partial charge in [0.25, 0.3) is 0 Å². The molecule has 1 aliphatic rings. The minimum Gasteiger partial charge on any atom is -0.409 e. The predicted molar refractivity (Wildman–Crippen MR) is 84.8 cm³/mol. The van der Waals surface area contributed by atoms with Crippen LogP contribution in [0.5, 0.6) is 0 Å². The van der Waals surface area contributed by atoms with Crippen LogP contribution >= 0.6 is 11.8 Å². The Morgan fingerprint density at radius 1 is 1.29 bits per heavy atom. The second kappa shape index (κ2) is 6.18. The van der Waals surface area contributed by atoms with Gasteiger partial charge in [-0.15, -0.1) is 11.8 Å². The van der Waals surface area contributed by atoms with E-state index in [1.165, 1.54) is 35.3 Å². The van der Waals surface area contributed by atoms with E-state index in [2.05, 4.69) is 28.3 Å². The number of aryl methyl sites for hydroxylation is 2. The zero-order chi connectivity index (χ0) is 14.7. The average Bonchev–Trinajstić information content (AvgIpc) is 3.00. The van der Waals surface area contributed by atoms with Crippen molar-refractivity contribution in [1.82, 2.24) is 4.98 Å². The number of pyridine rings is 1. The monoisotopic (exact) mass is 299 g/mol. The highest BCUT2D eigenvalue weighted by Crippen LogP contribution is 2.29. The Labute approximate surface area is 128 Å². The van der Waals surface area contributed by atoms with Gasteiger partial charge in [0.1, 0.15) is 5.69 Å². The van der Waals surface area contributed by atoms with Gasteiger partial charge in [-0.2, -0.15) is 0 Å². The molecule has 108 valence electrons. The number of oxime groups is 1. The van der Waals surface area contributed by atoms with Gasteiger partial charge in [-0.3, -0.25) is 4.98 Å². The molecular weight excluding hydrogens is 282 g/mol. The summed E-state index contributed by atoms with van der Waals surface area (Å²) in [6.45, 7) is 0. The Hall–Kier alpha value is -2.01. The maximum Gasteiger partial charge on any atom is 0.189 e. The molecule has 0 fully saturated rings. The molecule has 0 unspecified atom stereocenters. The lowest BCUT2D eigenvalue weighted by atomic mass is 10.1. The highest BCUT2D eigenvalue weighted by Gasteiger charge is 2.12. The van der Waals surface area contributed by atoms with Crippen LogP contribution in [0, 0.1) is 0 Å². The molecule has 1 heterocycles. The van der Waals surface area contributed by atoms with Gasteiger partial charge >= 0.3 is 0 Å². The van der Waals surface area contributed by atoms with Gasteiger partial charge in [-0.25, -0.2) is 0 Å². The van der Waals surface area contributed by atoms with Crippen molar-refractivity contribution in [3.63, 3.8) is 0 Å². The Morgan fingerprint density at radius 3 is 3.00 bits per heavy atom. The van der Waals surface area contributed by atoms with Gasteiger partial charge in [0.15, 0.2) is 5.84 Å². The highest BCUT2D eigenvalue weighted by atomic mass is 32.2. The molecule has 0 amide bonds. The molecule has 0 radical (unpaired) electrons. The topological polar surface area (TPSA) is 71.5 Å². The van der Waals surface area contributed by atoms with Crippen LogP contribution in [0.25, 0.3) is 0 Å². The largest absolute Gasteiger partial charge is 0.409 e. The van der Waals surface area contributed by atoms with Crippen molar-refractivity contribution in [2.24, 2.45) is 10.9 Å². The summed E-state index contributed by atoms with van der Waals surface area (Å²) < 4.78 is 0. The van der Waals surface area contributed by atoms with E-state index >= 15 is 0 Å². The lowest BCUT2D eigenvalue weighted by Gasteiger charge is -2.08. The lowest BCUT2D eigenvalue weighted by Crippen LogP contribution is -2.17. The molecular formula is C16H17N3OS. The molecule has 0 saturated heterocycles. The zero-order valence-corrected chi connectivity index (χ0v) is 12.4. The molecule has 1 aliphatic carbocycles. The van der Waals surface area contributed by atoms with E-state index in [4.69, 9.17) is 10.9 Å². The number of nitrogens with two attached hydrogens (primary N) is 1. The van der Waals surface area contributed by atoms with Crippen LogP contribution in [0.4, 0.5) is 0 Å². The second-order valence-electron chi connectivity index (χ2n) is 5.07. The third-order valence-electron chi connectivity index (χ3n) is 3.71. The van der Waals surface area contributed by atoms with Crippen LogP contribution in [0.15, 0.2) is 46.6 Å². The standard InChI is InChI=1S/C16H17N3OS/c17-16(19-20)15-13(5-2-8-18-15)10-21-14-7-6-11-3-1-4-12(11)9-14/h2,5-9,20H,1,3-4,10H2,(H2,17,19). The summed E-state index contributed by atoms with van der Waals surface area (Å²) in [6.07, 6.45) is 5.30.